The first-order chi connectivity index (χ1) is 14.7. The third kappa shape index (κ3) is 4.57. The Bertz CT molecular complexity index is 1020. The molecule has 1 saturated heterocycles. The van der Waals surface area contributed by atoms with Gasteiger partial charge in [0.15, 0.2) is 0 Å². The Kier molecular flexibility index (Phi) is 5.73. The maximum atomic E-state index is 13.1. The maximum absolute atomic E-state index is 13.1. The van der Waals surface area contributed by atoms with Crippen LogP contribution in [0.5, 0.6) is 0 Å². The lowest BCUT2D eigenvalue weighted by molar-refractivity contribution is -0.134. The molecule has 0 radical (unpaired) electrons. The monoisotopic (exact) mass is 426 g/mol. The fraction of sp³-hybridized carbons (Fsp3) is 0.565. The van der Waals surface area contributed by atoms with Crippen molar-refractivity contribution >= 4 is 11.9 Å². The molecule has 0 saturated carbocycles. The summed E-state index contributed by atoms with van der Waals surface area (Å²) in [5, 5.41) is 4.52. The number of carbonyl (C=O) groups is 2. The van der Waals surface area contributed by atoms with Crippen molar-refractivity contribution in [2.24, 2.45) is 0 Å². The van der Waals surface area contributed by atoms with E-state index >= 15 is 0 Å². The van der Waals surface area contributed by atoms with E-state index in [2.05, 4.69) is 5.10 Å². The number of hydrogen-bond acceptors (Lipinski definition) is 5. The zero-order valence-electron chi connectivity index (χ0n) is 18.5. The molecular formula is C23H30N4O4. The van der Waals surface area contributed by atoms with Crippen molar-refractivity contribution in [2.45, 2.75) is 71.1 Å². The van der Waals surface area contributed by atoms with E-state index in [1.54, 1.807) is 28.8 Å². The van der Waals surface area contributed by atoms with Gasteiger partial charge in [0.25, 0.3) is 0 Å². The van der Waals surface area contributed by atoms with Crippen LogP contribution in [-0.4, -0.2) is 49.8 Å². The molecule has 8 nitrogen and oxygen atoms in total. The number of carbonyl (C=O) groups excluding carboxylic acids is 2. The normalized spacial score (nSPS) is 18.7. The van der Waals surface area contributed by atoms with E-state index in [0.29, 0.717) is 24.2 Å². The van der Waals surface area contributed by atoms with Crippen molar-refractivity contribution in [3.8, 4) is 0 Å². The Morgan fingerprint density at radius 1 is 1.10 bits per heavy atom. The van der Waals surface area contributed by atoms with Crippen molar-refractivity contribution < 1.29 is 14.3 Å². The van der Waals surface area contributed by atoms with Crippen LogP contribution in [0.1, 0.15) is 74.2 Å². The maximum Gasteiger partial charge on any atom is 0.346 e. The largest absolute Gasteiger partial charge is 0.456 e. The lowest BCUT2D eigenvalue weighted by Crippen LogP contribution is -2.41. The first-order valence-electron chi connectivity index (χ1n) is 11.0. The second-order valence-corrected chi connectivity index (χ2v) is 9.37. The van der Waals surface area contributed by atoms with Crippen LogP contribution in [-0.2, 0) is 22.5 Å². The van der Waals surface area contributed by atoms with Crippen LogP contribution in [0, 0.1) is 0 Å². The minimum atomic E-state index is -0.554. The summed E-state index contributed by atoms with van der Waals surface area (Å²) in [6.07, 6.45) is 4.28. The average molecular weight is 427 g/mol. The minimum Gasteiger partial charge on any atom is -0.456 e. The van der Waals surface area contributed by atoms with E-state index in [1.165, 1.54) is 4.68 Å². The Morgan fingerprint density at radius 2 is 1.77 bits per heavy atom. The van der Waals surface area contributed by atoms with Gasteiger partial charge in [-0.25, -0.2) is 14.3 Å². The van der Waals surface area contributed by atoms with Gasteiger partial charge in [-0.05, 0) is 64.2 Å². The molecule has 1 atom stereocenters. The van der Waals surface area contributed by atoms with Gasteiger partial charge in [0.2, 0.25) is 5.91 Å². The fourth-order valence-corrected chi connectivity index (χ4v) is 4.27. The molecule has 0 bridgehead atoms. The molecule has 0 spiro atoms. The highest BCUT2D eigenvalue weighted by molar-refractivity contribution is 5.89. The second-order valence-electron chi connectivity index (χ2n) is 9.37. The SMILES string of the molecule is CC(C)(C)OC(=O)c1ccc(Cn2nc3n(c2=O)C(C(=O)N2CCCC2)CCC3)cc1. The molecule has 1 amide bonds. The third-order valence-corrected chi connectivity index (χ3v) is 5.75. The molecule has 2 aliphatic rings. The number of hydrogen-bond donors (Lipinski definition) is 0. The highest BCUT2D eigenvalue weighted by Gasteiger charge is 2.34. The van der Waals surface area contributed by atoms with E-state index in [9.17, 15) is 14.4 Å². The summed E-state index contributed by atoms with van der Waals surface area (Å²) >= 11 is 0. The number of benzene rings is 1. The molecule has 166 valence electrons. The number of nitrogens with zero attached hydrogens (tertiary/aromatic N) is 4. The highest BCUT2D eigenvalue weighted by Crippen LogP contribution is 2.25. The van der Waals surface area contributed by atoms with Crippen LogP contribution in [0.2, 0.25) is 0 Å². The lowest BCUT2D eigenvalue weighted by Gasteiger charge is -2.27. The molecule has 1 aromatic heterocycles. The summed E-state index contributed by atoms with van der Waals surface area (Å²) in [7, 11) is 0. The van der Waals surface area contributed by atoms with Crippen molar-refractivity contribution in [1.29, 1.82) is 0 Å². The number of fused-ring (bicyclic) bond motifs is 1. The predicted octanol–water partition coefficient (Wildman–Crippen LogP) is 2.55. The second kappa shape index (κ2) is 8.32. The number of ether oxygens (including phenoxy) is 1. The molecule has 1 unspecified atom stereocenters. The summed E-state index contributed by atoms with van der Waals surface area (Å²) in [6, 6.07) is 6.56. The Hall–Kier alpha value is -2.90. The van der Waals surface area contributed by atoms with E-state index in [0.717, 1.165) is 37.9 Å². The van der Waals surface area contributed by atoms with E-state index in [-0.39, 0.29) is 24.1 Å². The number of amides is 1. The van der Waals surface area contributed by atoms with Crippen LogP contribution in [0.25, 0.3) is 0 Å². The molecule has 3 heterocycles. The summed E-state index contributed by atoms with van der Waals surface area (Å²) in [5.41, 5.74) is 0.517. The predicted molar refractivity (Wildman–Crippen MR) is 115 cm³/mol. The van der Waals surface area contributed by atoms with E-state index < -0.39 is 11.6 Å². The number of aryl methyl sites for hydroxylation is 1. The van der Waals surface area contributed by atoms with Crippen LogP contribution in [0.4, 0.5) is 0 Å². The fourth-order valence-electron chi connectivity index (χ4n) is 4.27. The number of likely N-dealkylation sites (tertiary alicyclic amines) is 1. The molecular weight excluding hydrogens is 396 g/mol. The zero-order chi connectivity index (χ0) is 22.2. The van der Waals surface area contributed by atoms with Gasteiger partial charge >= 0.3 is 11.7 Å². The Labute approximate surface area is 181 Å². The molecule has 0 N–H and O–H groups in total. The first-order valence-corrected chi connectivity index (χ1v) is 11.0. The first kappa shape index (κ1) is 21.3. The highest BCUT2D eigenvalue weighted by atomic mass is 16.6. The molecule has 1 aromatic carbocycles. The molecule has 2 aromatic rings. The lowest BCUT2D eigenvalue weighted by atomic mass is 10.0. The van der Waals surface area contributed by atoms with Crippen molar-refractivity contribution in [3.05, 3.63) is 51.7 Å². The summed E-state index contributed by atoms with van der Waals surface area (Å²) in [4.78, 5) is 40.1. The molecule has 8 heteroatoms. The zero-order valence-corrected chi connectivity index (χ0v) is 18.5. The number of aromatic nitrogens is 3. The summed E-state index contributed by atoms with van der Waals surface area (Å²) in [5.74, 6) is 0.345. The van der Waals surface area contributed by atoms with Gasteiger partial charge < -0.3 is 9.64 Å². The topological polar surface area (TPSA) is 86.4 Å². The van der Waals surface area contributed by atoms with Crippen molar-refractivity contribution in [1.82, 2.24) is 19.2 Å². The summed E-state index contributed by atoms with van der Waals surface area (Å²) in [6.45, 7) is 7.32. The van der Waals surface area contributed by atoms with Gasteiger partial charge in [-0.2, -0.15) is 5.10 Å². The van der Waals surface area contributed by atoms with Crippen LogP contribution in [0.3, 0.4) is 0 Å². The average Bonchev–Trinajstić information content (AvgIpc) is 3.36. The van der Waals surface area contributed by atoms with Crippen molar-refractivity contribution in [2.75, 3.05) is 13.1 Å². The van der Waals surface area contributed by atoms with Gasteiger partial charge in [0.1, 0.15) is 17.5 Å². The molecule has 4 rings (SSSR count). The summed E-state index contributed by atoms with van der Waals surface area (Å²) < 4.78 is 8.41. The Morgan fingerprint density at radius 3 is 2.42 bits per heavy atom. The van der Waals surface area contributed by atoms with Crippen LogP contribution < -0.4 is 5.69 Å². The molecule has 31 heavy (non-hydrogen) atoms. The quantitative estimate of drug-likeness (QED) is 0.702. The number of esters is 1. The molecule has 0 aliphatic carbocycles. The smallest absolute Gasteiger partial charge is 0.346 e. The van der Waals surface area contributed by atoms with E-state index in [1.807, 2.05) is 25.7 Å². The molecule has 2 aliphatic heterocycles. The minimum absolute atomic E-state index is 0.0433. The van der Waals surface area contributed by atoms with E-state index in [4.69, 9.17) is 4.74 Å². The Balaban J connectivity index is 1.52. The van der Waals surface area contributed by atoms with Crippen LogP contribution in [0.15, 0.2) is 29.1 Å². The van der Waals surface area contributed by atoms with Gasteiger partial charge in [-0.1, -0.05) is 12.1 Å². The standard InChI is InChI=1S/C23H30N4O4/c1-23(2,3)31-21(29)17-11-9-16(10-12-17)15-26-22(30)27-18(7-6-8-19(27)24-26)20(28)25-13-4-5-14-25/h9-12,18H,4-8,13-15H2,1-3H3. The van der Waals surface area contributed by atoms with Crippen LogP contribution >= 0.6 is 0 Å². The molecule has 1 fully saturated rings. The number of rotatable bonds is 4. The van der Waals surface area contributed by atoms with Crippen molar-refractivity contribution in [3.63, 3.8) is 0 Å². The van der Waals surface area contributed by atoms with Gasteiger partial charge in [0.05, 0.1) is 12.1 Å². The van der Waals surface area contributed by atoms with Gasteiger partial charge in [-0.15, -0.1) is 0 Å². The van der Waals surface area contributed by atoms with Gasteiger partial charge in [0, 0.05) is 19.5 Å². The third-order valence-electron chi connectivity index (χ3n) is 5.75. The van der Waals surface area contributed by atoms with Gasteiger partial charge in [-0.3, -0.25) is 9.36 Å².